The summed E-state index contributed by atoms with van der Waals surface area (Å²) in [6.45, 7) is 0. The van der Waals surface area contributed by atoms with Crippen LogP contribution in [0.2, 0.25) is 0 Å². The molecule has 0 saturated heterocycles. The number of nitrogens with zero attached hydrogens (tertiary/aromatic N) is 3. The molecule has 0 radical (unpaired) electrons. The molecule has 13 heavy (non-hydrogen) atoms. The minimum Gasteiger partial charge on any atom is -0.382 e. The minimum atomic E-state index is 0.149. The van der Waals surface area contributed by atoms with E-state index in [0.717, 1.165) is 0 Å². The maximum absolute atomic E-state index is 8.64. The molecule has 0 atom stereocenters. The molecule has 0 bridgehead atoms. The first-order valence-electron chi connectivity index (χ1n) is 3.36. The van der Waals surface area contributed by atoms with Crippen molar-refractivity contribution in [1.82, 2.24) is 20.2 Å². The van der Waals surface area contributed by atoms with Gasteiger partial charge in [0.05, 0.1) is 0 Å². The molecule has 0 aliphatic heterocycles. The molecule has 0 aliphatic rings. The molecule has 2 aromatic rings. The van der Waals surface area contributed by atoms with Crippen molar-refractivity contribution in [1.29, 1.82) is 5.26 Å². The number of nitrogens with two attached hydrogens (primary N) is 1. The third-order valence-electron chi connectivity index (χ3n) is 1.54. The zero-order chi connectivity index (χ0) is 9.42. The molecule has 4 N–H and O–H groups in total. The van der Waals surface area contributed by atoms with E-state index in [2.05, 4.69) is 20.2 Å². The van der Waals surface area contributed by atoms with Gasteiger partial charge in [0.25, 0.3) is 0 Å². The van der Waals surface area contributed by atoms with Gasteiger partial charge in [0.1, 0.15) is 16.5 Å². The van der Waals surface area contributed by atoms with Crippen molar-refractivity contribution in [3.8, 4) is 6.07 Å². The number of H-pyrrole nitrogens is 2. The molecule has 0 aromatic carbocycles. The fourth-order valence-electron chi connectivity index (χ4n) is 0.955. The maximum Gasteiger partial charge on any atom is 0.181 e. The van der Waals surface area contributed by atoms with E-state index in [1.54, 1.807) is 0 Å². The Hall–Kier alpha value is -1.94. The standard InChI is InChI=1S/C6H4N6S/c7-1-2-6(13)10-5-3(9-2)4(8)11-12-5/h(H4,8,10,11,12,13). The summed E-state index contributed by atoms with van der Waals surface area (Å²) in [6, 6.07) is 1.86. The molecule has 64 valence electrons. The first-order valence-corrected chi connectivity index (χ1v) is 3.77. The Bertz CT molecular complexity index is 558. The van der Waals surface area contributed by atoms with Crippen molar-refractivity contribution < 1.29 is 0 Å². The van der Waals surface area contributed by atoms with E-state index in [1.165, 1.54) is 0 Å². The predicted molar refractivity (Wildman–Crippen MR) is 48.2 cm³/mol. The number of nitrogens with one attached hydrogen (secondary N) is 2. The molecule has 0 fully saturated rings. The molecule has 7 heteroatoms. The number of nitrogen functional groups attached to an aromatic ring is 1. The van der Waals surface area contributed by atoms with Gasteiger partial charge in [-0.2, -0.15) is 10.4 Å². The average Bonchev–Trinajstić information content (AvgIpc) is 2.46. The van der Waals surface area contributed by atoms with Crippen molar-refractivity contribution >= 4 is 29.2 Å². The van der Waals surface area contributed by atoms with Gasteiger partial charge in [-0.1, -0.05) is 12.2 Å². The molecule has 0 aliphatic carbocycles. The van der Waals surface area contributed by atoms with Gasteiger partial charge in [0.15, 0.2) is 16.9 Å². The summed E-state index contributed by atoms with van der Waals surface area (Å²) < 4.78 is 0.265. The van der Waals surface area contributed by atoms with Crippen LogP contribution < -0.4 is 5.73 Å². The third kappa shape index (κ3) is 1.04. The van der Waals surface area contributed by atoms with E-state index in [0.29, 0.717) is 17.0 Å². The van der Waals surface area contributed by atoms with Crippen molar-refractivity contribution in [2.45, 2.75) is 0 Å². The highest BCUT2D eigenvalue weighted by Gasteiger charge is 2.06. The number of hydrogen-bond acceptors (Lipinski definition) is 5. The molecular formula is C6H4N6S. The van der Waals surface area contributed by atoms with Gasteiger partial charge in [-0.25, -0.2) is 4.98 Å². The van der Waals surface area contributed by atoms with Gasteiger partial charge in [0, 0.05) is 0 Å². The molecule has 0 saturated carbocycles. The smallest absolute Gasteiger partial charge is 0.181 e. The number of hydrogen-bond donors (Lipinski definition) is 3. The van der Waals surface area contributed by atoms with E-state index in [4.69, 9.17) is 23.2 Å². The number of aromatic amines is 2. The lowest BCUT2D eigenvalue weighted by Gasteiger charge is -1.90. The van der Waals surface area contributed by atoms with Crippen molar-refractivity contribution in [3.05, 3.63) is 10.3 Å². The minimum absolute atomic E-state index is 0.149. The second-order valence-electron chi connectivity index (χ2n) is 2.36. The monoisotopic (exact) mass is 192 g/mol. The van der Waals surface area contributed by atoms with Crippen LogP contribution in [0.1, 0.15) is 5.69 Å². The highest BCUT2D eigenvalue weighted by Crippen LogP contribution is 2.12. The van der Waals surface area contributed by atoms with Crippen LogP contribution in [0.4, 0.5) is 5.82 Å². The Balaban J connectivity index is 2.95. The highest BCUT2D eigenvalue weighted by molar-refractivity contribution is 7.71. The van der Waals surface area contributed by atoms with Crippen molar-refractivity contribution in [2.75, 3.05) is 5.73 Å². The number of rotatable bonds is 0. The van der Waals surface area contributed by atoms with Gasteiger partial charge < -0.3 is 10.7 Å². The zero-order valence-electron chi connectivity index (χ0n) is 6.33. The van der Waals surface area contributed by atoms with E-state index >= 15 is 0 Å². The lowest BCUT2D eigenvalue weighted by Crippen LogP contribution is -1.91. The Morgan fingerprint density at radius 1 is 1.54 bits per heavy atom. The summed E-state index contributed by atoms with van der Waals surface area (Å²) in [7, 11) is 0. The quantitative estimate of drug-likeness (QED) is 0.526. The molecule has 0 unspecified atom stereocenters. The normalized spacial score (nSPS) is 10.1. The summed E-state index contributed by atoms with van der Waals surface area (Å²) in [5, 5.41) is 15.0. The van der Waals surface area contributed by atoms with Crippen LogP contribution >= 0.6 is 12.2 Å². The number of nitriles is 1. The van der Waals surface area contributed by atoms with Crippen LogP contribution in [0.3, 0.4) is 0 Å². The number of anilines is 1. The summed E-state index contributed by atoms with van der Waals surface area (Å²) in [6.07, 6.45) is 0. The van der Waals surface area contributed by atoms with Crippen LogP contribution in [-0.4, -0.2) is 20.2 Å². The van der Waals surface area contributed by atoms with Crippen LogP contribution in [0.15, 0.2) is 0 Å². The summed E-state index contributed by atoms with van der Waals surface area (Å²) in [4.78, 5) is 6.68. The second kappa shape index (κ2) is 2.53. The fraction of sp³-hybridized carbons (Fsp3) is 0. The largest absolute Gasteiger partial charge is 0.382 e. The Kier molecular flexibility index (Phi) is 1.50. The van der Waals surface area contributed by atoms with Crippen LogP contribution in [0, 0.1) is 16.0 Å². The highest BCUT2D eigenvalue weighted by atomic mass is 32.1. The second-order valence-corrected chi connectivity index (χ2v) is 2.77. The summed E-state index contributed by atoms with van der Waals surface area (Å²) >= 11 is 4.85. The van der Waals surface area contributed by atoms with Gasteiger partial charge in [-0.3, -0.25) is 5.10 Å². The SMILES string of the molecule is N#Cc1nc2c(N)[nH]nc2[nH]c1=S. The Morgan fingerprint density at radius 2 is 2.31 bits per heavy atom. The molecule has 2 heterocycles. The first-order chi connectivity index (χ1) is 6.22. The molecule has 2 aromatic heterocycles. The van der Waals surface area contributed by atoms with E-state index in [-0.39, 0.29) is 10.3 Å². The fourth-order valence-corrected chi connectivity index (χ4v) is 1.14. The maximum atomic E-state index is 8.64. The van der Waals surface area contributed by atoms with Gasteiger partial charge >= 0.3 is 0 Å². The topological polar surface area (TPSA) is 107 Å². The van der Waals surface area contributed by atoms with E-state index < -0.39 is 0 Å². The van der Waals surface area contributed by atoms with Gasteiger partial charge in [-0.05, 0) is 0 Å². The van der Waals surface area contributed by atoms with Gasteiger partial charge in [-0.15, -0.1) is 0 Å². The van der Waals surface area contributed by atoms with Gasteiger partial charge in [0.2, 0.25) is 0 Å². The molecular weight excluding hydrogens is 188 g/mol. The van der Waals surface area contributed by atoms with E-state index in [9.17, 15) is 0 Å². The Labute approximate surface area is 77.4 Å². The van der Waals surface area contributed by atoms with Crippen molar-refractivity contribution in [3.63, 3.8) is 0 Å². The summed E-state index contributed by atoms with van der Waals surface area (Å²) in [5.41, 5.74) is 6.55. The Morgan fingerprint density at radius 3 is 3.00 bits per heavy atom. The number of aromatic nitrogens is 4. The number of fused-ring (bicyclic) bond motifs is 1. The summed E-state index contributed by atoms with van der Waals surface area (Å²) in [5.74, 6) is 0.317. The predicted octanol–water partition coefficient (Wildman–Crippen LogP) is 0.469. The third-order valence-corrected chi connectivity index (χ3v) is 1.84. The molecule has 0 spiro atoms. The van der Waals surface area contributed by atoms with E-state index in [1.807, 2.05) is 6.07 Å². The zero-order valence-corrected chi connectivity index (χ0v) is 7.14. The van der Waals surface area contributed by atoms with Crippen LogP contribution in [0.25, 0.3) is 11.2 Å². The molecule has 6 nitrogen and oxygen atoms in total. The average molecular weight is 192 g/mol. The lowest BCUT2D eigenvalue weighted by atomic mass is 10.4. The van der Waals surface area contributed by atoms with Crippen LogP contribution in [-0.2, 0) is 0 Å². The molecule has 2 rings (SSSR count). The van der Waals surface area contributed by atoms with Crippen molar-refractivity contribution in [2.24, 2.45) is 0 Å². The first kappa shape index (κ1) is 7.70. The van der Waals surface area contributed by atoms with Crippen LogP contribution in [0.5, 0.6) is 0 Å². The lowest BCUT2D eigenvalue weighted by molar-refractivity contribution is 1.10. The molecule has 0 amide bonds.